The molecule has 0 heterocycles. The van der Waals surface area contributed by atoms with Crippen molar-refractivity contribution in [2.75, 3.05) is 13.1 Å². The molecule has 0 aliphatic carbocycles. The van der Waals surface area contributed by atoms with Crippen molar-refractivity contribution in [2.24, 2.45) is 22.8 Å². The molecule has 0 fully saturated rings. The highest BCUT2D eigenvalue weighted by molar-refractivity contribution is 5.82. The molecular formula is C21H35N3O3. The highest BCUT2D eigenvalue weighted by atomic mass is 16.4. The number of aliphatic carboxylic acids is 1. The average Bonchev–Trinajstić information content (AvgIpc) is 2.58. The fourth-order valence-corrected chi connectivity index (χ4v) is 3.19. The van der Waals surface area contributed by atoms with Gasteiger partial charge in [0.1, 0.15) is 0 Å². The monoisotopic (exact) mass is 377 g/mol. The minimum absolute atomic E-state index is 0.0417. The molecule has 1 unspecified atom stereocenters. The zero-order valence-electron chi connectivity index (χ0n) is 17.4. The molecular weight excluding hydrogens is 342 g/mol. The molecule has 1 amide bonds. The normalized spacial score (nSPS) is 14.7. The second-order valence-corrected chi connectivity index (χ2v) is 8.78. The van der Waals surface area contributed by atoms with Gasteiger partial charge >= 0.3 is 5.97 Å². The third kappa shape index (κ3) is 5.30. The molecule has 6 N–H and O–H groups in total. The molecule has 0 saturated carbocycles. The number of nitrogens with two attached hydrogens (primary N) is 2. The maximum absolute atomic E-state index is 12.3. The standard InChI is InChI=1S/C21H35N3O3/c1-13(2)21(5,6)15-10-8-7-9-14(15)17(19(26)27)20(3,4)12-24-18(25)16(23)11-22/h7-10,13,16-17H,11-12,22-23H2,1-6H3,(H,24,25)(H,26,27)/t16-,17?/m0/s1. The fraction of sp³-hybridized carbons (Fsp3) is 0.619. The van der Waals surface area contributed by atoms with Crippen molar-refractivity contribution < 1.29 is 14.7 Å². The molecule has 0 bridgehead atoms. The summed E-state index contributed by atoms with van der Waals surface area (Å²) >= 11 is 0. The largest absolute Gasteiger partial charge is 0.481 e. The van der Waals surface area contributed by atoms with Gasteiger partial charge in [0.05, 0.1) is 12.0 Å². The quantitative estimate of drug-likeness (QED) is 0.526. The lowest BCUT2D eigenvalue weighted by Gasteiger charge is -2.38. The van der Waals surface area contributed by atoms with Crippen LogP contribution in [-0.2, 0) is 15.0 Å². The Morgan fingerprint density at radius 3 is 2.19 bits per heavy atom. The van der Waals surface area contributed by atoms with E-state index >= 15 is 0 Å². The lowest BCUT2D eigenvalue weighted by molar-refractivity contribution is -0.142. The molecule has 1 aromatic rings. The Labute approximate surface area is 162 Å². The second kappa shape index (κ2) is 8.85. The number of hydrogen-bond donors (Lipinski definition) is 4. The fourth-order valence-electron chi connectivity index (χ4n) is 3.19. The van der Waals surface area contributed by atoms with E-state index in [1.165, 1.54) is 0 Å². The predicted molar refractivity (Wildman–Crippen MR) is 109 cm³/mol. The van der Waals surface area contributed by atoms with Gasteiger partial charge in [-0.25, -0.2) is 0 Å². The van der Waals surface area contributed by atoms with Gasteiger partial charge in [0.2, 0.25) is 5.91 Å². The Balaban J connectivity index is 3.30. The van der Waals surface area contributed by atoms with Gasteiger partial charge in [0.25, 0.3) is 0 Å². The summed E-state index contributed by atoms with van der Waals surface area (Å²) in [5.41, 5.74) is 12.0. The smallest absolute Gasteiger partial charge is 0.311 e. The molecule has 0 radical (unpaired) electrons. The van der Waals surface area contributed by atoms with Crippen LogP contribution in [0.25, 0.3) is 0 Å². The summed E-state index contributed by atoms with van der Waals surface area (Å²) in [6.45, 7) is 12.4. The Kier molecular flexibility index (Phi) is 7.57. The van der Waals surface area contributed by atoms with E-state index in [9.17, 15) is 14.7 Å². The Morgan fingerprint density at radius 1 is 1.15 bits per heavy atom. The minimum Gasteiger partial charge on any atom is -0.481 e. The van der Waals surface area contributed by atoms with E-state index in [0.717, 1.165) is 11.1 Å². The molecule has 0 saturated heterocycles. The lowest BCUT2D eigenvalue weighted by atomic mass is 9.67. The van der Waals surface area contributed by atoms with Gasteiger partial charge < -0.3 is 21.9 Å². The molecule has 0 aliphatic heterocycles. The SMILES string of the molecule is CC(C)C(C)(C)c1ccccc1C(C(=O)O)C(C)(C)CNC(=O)[C@@H](N)CN. The van der Waals surface area contributed by atoms with Crippen molar-refractivity contribution in [1.82, 2.24) is 5.32 Å². The van der Waals surface area contributed by atoms with E-state index in [2.05, 4.69) is 33.0 Å². The molecule has 0 aliphatic rings. The summed E-state index contributed by atoms with van der Waals surface area (Å²) in [5.74, 6) is -1.73. The molecule has 152 valence electrons. The average molecular weight is 378 g/mol. The van der Waals surface area contributed by atoms with Crippen LogP contribution in [0.4, 0.5) is 0 Å². The van der Waals surface area contributed by atoms with Crippen molar-refractivity contribution >= 4 is 11.9 Å². The molecule has 0 aromatic heterocycles. The number of carboxylic acid groups (broad SMARTS) is 1. The third-order valence-corrected chi connectivity index (χ3v) is 5.75. The van der Waals surface area contributed by atoms with Gasteiger partial charge in [-0.3, -0.25) is 9.59 Å². The maximum atomic E-state index is 12.3. The molecule has 6 heteroatoms. The van der Waals surface area contributed by atoms with Crippen LogP contribution in [0.2, 0.25) is 0 Å². The summed E-state index contributed by atoms with van der Waals surface area (Å²) in [6, 6.07) is 6.90. The Hall–Kier alpha value is -1.92. The highest BCUT2D eigenvalue weighted by Gasteiger charge is 2.40. The number of carboxylic acids is 1. The number of amides is 1. The number of carbonyl (C=O) groups excluding carboxylic acids is 1. The van der Waals surface area contributed by atoms with Gasteiger partial charge in [-0.05, 0) is 27.9 Å². The van der Waals surface area contributed by atoms with Crippen molar-refractivity contribution in [3.05, 3.63) is 35.4 Å². The summed E-state index contributed by atoms with van der Waals surface area (Å²) in [4.78, 5) is 24.3. The van der Waals surface area contributed by atoms with Crippen LogP contribution in [0.15, 0.2) is 24.3 Å². The van der Waals surface area contributed by atoms with Crippen LogP contribution in [0, 0.1) is 11.3 Å². The zero-order chi connectivity index (χ0) is 21.0. The topological polar surface area (TPSA) is 118 Å². The molecule has 6 nitrogen and oxygen atoms in total. The minimum atomic E-state index is -0.913. The highest BCUT2D eigenvalue weighted by Crippen LogP contribution is 2.42. The van der Waals surface area contributed by atoms with Gasteiger partial charge in [0.15, 0.2) is 0 Å². The number of benzene rings is 1. The first-order valence-corrected chi connectivity index (χ1v) is 9.41. The first-order chi connectivity index (χ1) is 12.4. The third-order valence-electron chi connectivity index (χ3n) is 5.75. The summed E-state index contributed by atoms with van der Waals surface area (Å²) in [6.07, 6.45) is 0. The van der Waals surface area contributed by atoms with E-state index < -0.39 is 23.3 Å². The van der Waals surface area contributed by atoms with Crippen LogP contribution in [0.3, 0.4) is 0 Å². The summed E-state index contributed by atoms with van der Waals surface area (Å²) < 4.78 is 0. The van der Waals surface area contributed by atoms with Gasteiger partial charge in [-0.2, -0.15) is 0 Å². The molecule has 1 aromatic carbocycles. The predicted octanol–water partition coefficient (Wildman–Crippen LogP) is 2.22. The van der Waals surface area contributed by atoms with Crippen LogP contribution in [0.5, 0.6) is 0 Å². The van der Waals surface area contributed by atoms with Crippen molar-refractivity contribution in [3.8, 4) is 0 Å². The molecule has 0 spiro atoms. The number of hydrogen-bond acceptors (Lipinski definition) is 4. The number of carbonyl (C=O) groups is 2. The Bertz CT molecular complexity index is 668. The first-order valence-electron chi connectivity index (χ1n) is 9.41. The van der Waals surface area contributed by atoms with Gasteiger partial charge in [0, 0.05) is 13.1 Å². The van der Waals surface area contributed by atoms with Crippen molar-refractivity contribution in [2.45, 2.75) is 58.9 Å². The Morgan fingerprint density at radius 2 is 1.70 bits per heavy atom. The second-order valence-electron chi connectivity index (χ2n) is 8.78. The van der Waals surface area contributed by atoms with Crippen molar-refractivity contribution in [1.29, 1.82) is 0 Å². The van der Waals surface area contributed by atoms with Crippen LogP contribution in [-0.4, -0.2) is 36.1 Å². The van der Waals surface area contributed by atoms with Crippen molar-refractivity contribution in [3.63, 3.8) is 0 Å². The van der Waals surface area contributed by atoms with E-state index in [1.54, 1.807) is 0 Å². The molecule has 2 atom stereocenters. The van der Waals surface area contributed by atoms with Gasteiger partial charge in [-0.1, -0.05) is 65.8 Å². The van der Waals surface area contributed by atoms with Crippen LogP contribution >= 0.6 is 0 Å². The first kappa shape index (κ1) is 23.1. The van der Waals surface area contributed by atoms with E-state index in [0.29, 0.717) is 5.92 Å². The van der Waals surface area contributed by atoms with E-state index in [1.807, 2.05) is 38.1 Å². The summed E-state index contributed by atoms with van der Waals surface area (Å²) in [5, 5.41) is 12.8. The maximum Gasteiger partial charge on any atom is 0.311 e. The zero-order valence-corrected chi connectivity index (χ0v) is 17.4. The van der Waals surface area contributed by atoms with E-state index in [4.69, 9.17) is 11.5 Å². The number of rotatable bonds is 9. The van der Waals surface area contributed by atoms with Gasteiger partial charge in [-0.15, -0.1) is 0 Å². The molecule has 1 rings (SSSR count). The summed E-state index contributed by atoms with van der Waals surface area (Å²) in [7, 11) is 0. The molecule has 27 heavy (non-hydrogen) atoms. The van der Waals surface area contributed by atoms with Crippen LogP contribution < -0.4 is 16.8 Å². The van der Waals surface area contributed by atoms with E-state index in [-0.39, 0.29) is 24.4 Å². The lowest BCUT2D eigenvalue weighted by Crippen LogP contribution is -2.49. The number of nitrogens with one attached hydrogen (secondary N) is 1. The van der Waals surface area contributed by atoms with Crippen LogP contribution in [0.1, 0.15) is 58.6 Å².